The Hall–Kier alpha value is -1.33. The Morgan fingerprint density at radius 3 is 2.71 bits per heavy atom. The predicted molar refractivity (Wildman–Crippen MR) is 61.6 cm³/mol. The average Bonchev–Trinajstić information content (AvgIpc) is 2.30. The van der Waals surface area contributed by atoms with Crippen LogP contribution in [0, 0.1) is 0 Å². The molecule has 0 spiro atoms. The van der Waals surface area contributed by atoms with Crippen molar-refractivity contribution in [2.45, 2.75) is 18.4 Å². The van der Waals surface area contributed by atoms with Crippen LogP contribution >= 0.6 is 11.6 Å². The van der Waals surface area contributed by atoms with Crippen molar-refractivity contribution in [3.8, 4) is 0 Å². The highest BCUT2D eigenvalue weighted by Gasteiger charge is 2.38. The molecule has 1 aliphatic heterocycles. The number of hydrogen-bond donors (Lipinski definition) is 1. The predicted octanol–water partition coefficient (Wildman–Crippen LogP) is 1.84. The van der Waals surface area contributed by atoms with E-state index in [0.29, 0.717) is 31.2 Å². The van der Waals surface area contributed by atoms with Crippen molar-refractivity contribution in [1.82, 2.24) is 4.98 Å². The zero-order valence-electron chi connectivity index (χ0n) is 9.19. The molecule has 0 bridgehead atoms. The number of hydrogen-bond acceptors (Lipinski definition) is 4. The molecule has 0 radical (unpaired) electrons. The molecule has 1 fully saturated rings. The van der Waals surface area contributed by atoms with Gasteiger partial charge in [0.15, 0.2) is 0 Å². The summed E-state index contributed by atoms with van der Waals surface area (Å²) in [7, 11) is 0. The van der Waals surface area contributed by atoms with Gasteiger partial charge in [0.1, 0.15) is 10.8 Å². The molecule has 6 heteroatoms. The maximum Gasteiger partial charge on any atom is 0.405 e. The summed E-state index contributed by atoms with van der Waals surface area (Å²) in [6, 6.07) is 3.46. The lowest BCUT2D eigenvalue weighted by Gasteiger charge is -2.36. The van der Waals surface area contributed by atoms with Crippen LogP contribution in [0.2, 0.25) is 5.15 Å². The van der Waals surface area contributed by atoms with Gasteiger partial charge in [-0.2, -0.15) is 0 Å². The van der Waals surface area contributed by atoms with Gasteiger partial charge in [0.2, 0.25) is 0 Å². The first-order chi connectivity index (χ1) is 8.12. The highest BCUT2D eigenvalue weighted by molar-refractivity contribution is 6.29. The van der Waals surface area contributed by atoms with Crippen LogP contribution in [0.25, 0.3) is 0 Å². The van der Waals surface area contributed by atoms with Gasteiger partial charge in [-0.05, 0) is 6.07 Å². The van der Waals surface area contributed by atoms with Crippen molar-refractivity contribution in [1.29, 1.82) is 0 Å². The average molecular weight is 257 g/mol. The Morgan fingerprint density at radius 2 is 2.18 bits per heavy atom. The molecule has 2 rings (SSSR count). The number of rotatable bonds is 2. The number of carbonyl (C=O) groups is 1. The third-order valence-electron chi connectivity index (χ3n) is 2.85. The number of nitrogens with zero attached hydrogens (tertiary/aromatic N) is 1. The molecule has 2 N–H and O–H groups in total. The SMILES string of the molecule is NC(=O)OC1(c2ccc(Cl)nc2)CCOCC1. The van der Waals surface area contributed by atoms with Crippen LogP contribution in [0.1, 0.15) is 18.4 Å². The lowest BCUT2D eigenvalue weighted by molar-refractivity contribution is -0.0729. The van der Waals surface area contributed by atoms with Gasteiger partial charge >= 0.3 is 6.09 Å². The van der Waals surface area contributed by atoms with E-state index < -0.39 is 11.7 Å². The van der Waals surface area contributed by atoms with Crippen LogP contribution < -0.4 is 5.73 Å². The van der Waals surface area contributed by atoms with E-state index in [4.69, 9.17) is 26.8 Å². The second kappa shape index (κ2) is 4.89. The van der Waals surface area contributed by atoms with Gasteiger partial charge in [-0.1, -0.05) is 17.7 Å². The smallest absolute Gasteiger partial charge is 0.405 e. The van der Waals surface area contributed by atoms with E-state index >= 15 is 0 Å². The number of primary amides is 1. The van der Waals surface area contributed by atoms with Crippen LogP contribution in [0.3, 0.4) is 0 Å². The number of aromatic nitrogens is 1. The third-order valence-corrected chi connectivity index (χ3v) is 3.07. The van der Waals surface area contributed by atoms with E-state index in [0.717, 1.165) is 5.56 Å². The molecule has 0 aromatic carbocycles. The summed E-state index contributed by atoms with van der Waals surface area (Å²) in [6.07, 6.45) is 1.96. The fraction of sp³-hybridized carbons (Fsp3) is 0.455. The highest BCUT2D eigenvalue weighted by Crippen LogP contribution is 2.35. The molecule has 0 atom stereocenters. The number of pyridine rings is 1. The minimum Gasteiger partial charge on any atom is -0.438 e. The normalized spacial score (nSPS) is 18.6. The van der Waals surface area contributed by atoms with Gasteiger partial charge in [0.25, 0.3) is 0 Å². The second-order valence-electron chi connectivity index (χ2n) is 3.90. The molecule has 1 aromatic heterocycles. The Labute approximate surface area is 104 Å². The summed E-state index contributed by atoms with van der Waals surface area (Å²) >= 11 is 5.73. The van der Waals surface area contributed by atoms with Crippen molar-refractivity contribution in [3.05, 3.63) is 29.0 Å². The van der Waals surface area contributed by atoms with Gasteiger partial charge in [0.05, 0.1) is 13.2 Å². The van der Waals surface area contributed by atoms with Crippen LogP contribution in [0.5, 0.6) is 0 Å². The molecule has 5 nitrogen and oxygen atoms in total. The van der Waals surface area contributed by atoms with Gasteiger partial charge in [0, 0.05) is 24.6 Å². The first-order valence-corrected chi connectivity index (χ1v) is 5.68. The van der Waals surface area contributed by atoms with Crippen LogP contribution in [0.15, 0.2) is 18.3 Å². The largest absolute Gasteiger partial charge is 0.438 e. The van der Waals surface area contributed by atoms with E-state index in [1.54, 1.807) is 18.3 Å². The van der Waals surface area contributed by atoms with Gasteiger partial charge in [-0.15, -0.1) is 0 Å². The van der Waals surface area contributed by atoms with Crippen molar-refractivity contribution in [2.75, 3.05) is 13.2 Å². The fourth-order valence-electron chi connectivity index (χ4n) is 1.99. The third kappa shape index (κ3) is 2.68. The summed E-state index contributed by atoms with van der Waals surface area (Å²) in [6.45, 7) is 1.05. The van der Waals surface area contributed by atoms with Crippen LogP contribution in [-0.2, 0) is 15.1 Å². The minimum atomic E-state index is -0.790. The minimum absolute atomic E-state index is 0.398. The molecule has 1 amide bonds. The van der Waals surface area contributed by atoms with E-state index in [1.807, 2.05) is 0 Å². The van der Waals surface area contributed by atoms with E-state index in [-0.39, 0.29) is 0 Å². The molecule has 0 unspecified atom stereocenters. The highest BCUT2D eigenvalue weighted by atomic mass is 35.5. The molecule has 1 aromatic rings. The summed E-state index contributed by atoms with van der Waals surface area (Å²) in [5.41, 5.74) is 5.19. The van der Waals surface area contributed by atoms with E-state index in [2.05, 4.69) is 4.98 Å². The summed E-state index contributed by atoms with van der Waals surface area (Å²) in [4.78, 5) is 15.0. The summed E-state index contributed by atoms with van der Waals surface area (Å²) < 4.78 is 10.6. The number of ether oxygens (including phenoxy) is 2. The van der Waals surface area contributed by atoms with Crippen molar-refractivity contribution in [2.24, 2.45) is 5.73 Å². The Bertz CT molecular complexity index is 402. The fourth-order valence-corrected chi connectivity index (χ4v) is 2.10. The molecule has 92 valence electrons. The zero-order chi connectivity index (χ0) is 12.3. The molecule has 1 saturated heterocycles. The van der Waals surface area contributed by atoms with Crippen LogP contribution in [0.4, 0.5) is 4.79 Å². The first kappa shape index (κ1) is 12.1. The molecular weight excluding hydrogens is 244 g/mol. The number of halogens is 1. The molecule has 0 aliphatic carbocycles. The van der Waals surface area contributed by atoms with Crippen LogP contribution in [-0.4, -0.2) is 24.3 Å². The van der Waals surface area contributed by atoms with Crippen molar-refractivity contribution in [3.63, 3.8) is 0 Å². The van der Waals surface area contributed by atoms with E-state index in [9.17, 15) is 4.79 Å². The molecule has 2 heterocycles. The second-order valence-corrected chi connectivity index (χ2v) is 4.28. The van der Waals surface area contributed by atoms with Gasteiger partial charge in [-0.3, -0.25) is 0 Å². The number of nitrogens with two attached hydrogens (primary N) is 1. The number of carbonyl (C=O) groups excluding carboxylic acids is 1. The topological polar surface area (TPSA) is 74.4 Å². The zero-order valence-corrected chi connectivity index (χ0v) is 9.94. The summed E-state index contributed by atoms with van der Waals surface area (Å²) in [5, 5.41) is 0.398. The first-order valence-electron chi connectivity index (χ1n) is 5.31. The van der Waals surface area contributed by atoms with Crippen molar-refractivity contribution >= 4 is 17.7 Å². The Kier molecular flexibility index (Phi) is 3.49. The number of amides is 1. The summed E-state index contributed by atoms with van der Waals surface area (Å²) in [5.74, 6) is 0. The van der Waals surface area contributed by atoms with Gasteiger partial charge in [-0.25, -0.2) is 9.78 Å². The Balaban J connectivity index is 2.31. The Morgan fingerprint density at radius 1 is 1.47 bits per heavy atom. The lowest BCUT2D eigenvalue weighted by Crippen LogP contribution is -2.40. The molecular formula is C11H13ClN2O3. The molecule has 17 heavy (non-hydrogen) atoms. The maximum absolute atomic E-state index is 11.0. The quantitative estimate of drug-likeness (QED) is 0.820. The molecule has 1 aliphatic rings. The standard InChI is InChI=1S/C11H13ClN2O3/c12-9-2-1-8(7-14-9)11(17-10(13)15)3-5-16-6-4-11/h1-2,7H,3-6H2,(H2,13,15). The van der Waals surface area contributed by atoms with Gasteiger partial charge < -0.3 is 15.2 Å². The van der Waals surface area contributed by atoms with E-state index in [1.165, 1.54) is 0 Å². The maximum atomic E-state index is 11.0. The molecule has 0 saturated carbocycles. The van der Waals surface area contributed by atoms with Crippen molar-refractivity contribution < 1.29 is 14.3 Å². The lowest BCUT2D eigenvalue weighted by atomic mass is 9.87. The monoisotopic (exact) mass is 256 g/mol.